The van der Waals surface area contributed by atoms with Crippen molar-refractivity contribution >= 4 is 0 Å². The van der Waals surface area contributed by atoms with Crippen molar-refractivity contribution in [3.05, 3.63) is 30.1 Å². The molecule has 2 nitrogen and oxygen atoms in total. The summed E-state index contributed by atoms with van der Waals surface area (Å²) in [4.78, 5) is 3.87. The highest BCUT2D eigenvalue weighted by Gasteiger charge is 1.88. The maximum atomic E-state index is 11.6. The largest absolute Gasteiger partial charge is 0.310 e. The van der Waals surface area contributed by atoms with Crippen molar-refractivity contribution in [2.24, 2.45) is 0 Å². The number of hydrogen-bond donors (Lipinski definition) is 1. The molecule has 0 saturated heterocycles. The first-order valence-electron chi connectivity index (χ1n) is 3.59. The summed E-state index contributed by atoms with van der Waals surface area (Å²) in [7, 11) is 0. The third-order valence-electron chi connectivity index (χ3n) is 1.35. The minimum Gasteiger partial charge on any atom is -0.310 e. The summed E-state index contributed by atoms with van der Waals surface area (Å²) in [5, 5.41) is 2.95. The van der Waals surface area contributed by atoms with Crippen LogP contribution in [0.5, 0.6) is 0 Å². The minimum atomic E-state index is -0.314. The van der Waals surface area contributed by atoms with Crippen LogP contribution in [0.1, 0.15) is 5.56 Å². The molecule has 0 saturated carbocycles. The standard InChI is InChI=1S/C8H11FN2/c9-3-6-11-7-8-1-4-10-5-2-8/h1-2,4-5,11H,3,6-7H2. The monoisotopic (exact) mass is 154 g/mol. The molecule has 0 bridgehead atoms. The molecule has 1 aromatic heterocycles. The van der Waals surface area contributed by atoms with Gasteiger partial charge in [-0.15, -0.1) is 0 Å². The molecule has 0 atom stereocenters. The lowest BCUT2D eigenvalue weighted by atomic mass is 10.3. The summed E-state index contributed by atoms with van der Waals surface area (Å²) in [5.74, 6) is 0. The molecular formula is C8H11FN2. The first-order valence-corrected chi connectivity index (χ1v) is 3.59. The van der Waals surface area contributed by atoms with E-state index < -0.39 is 0 Å². The van der Waals surface area contributed by atoms with Crippen LogP contribution in [0.3, 0.4) is 0 Å². The molecule has 0 radical (unpaired) electrons. The molecule has 0 aliphatic rings. The van der Waals surface area contributed by atoms with Crippen molar-refractivity contribution in [3.63, 3.8) is 0 Å². The smallest absolute Gasteiger partial charge is 0.102 e. The lowest BCUT2D eigenvalue weighted by molar-refractivity contribution is 0.467. The van der Waals surface area contributed by atoms with Gasteiger partial charge in [-0.3, -0.25) is 4.98 Å². The molecule has 0 unspecified atom stereocenters. The molecule has 0 aliphatic carbocycles. The number of alkyl halides is 1. The van der Waals surface area contributed by atoms with E-state index in [1.807, 2.05) is 12.1 Å². The van der Waals surface area contributed by atoms with Crippen LogP contribution >= 0.6 is 0 Å². The van der Waals surface area contributed by atoms with Gasteiger partial charge in [-0.25, -0.2) is 4.39 Å². The first kappa shape index (κ1) is 8.14. The first-order chi connectivity index (χ1) is 5.43. The summed E-state index contributed by atoms with van der Waals surface area (Å²) in [6, 6.07) is 3.82. The van der Waals surface area contributed by atoms with Gasteiger partial charge in [0.05, 0.1) is 0 Å². The Morgan fingerprint density at radius 1 is 1.36 bits per heavy atom. The summed E-state index contributed by atoms with van der Waals surface area (Å²) in [6.07, 6.45) is 3.46. The lowest BCUT2D eigenvalue weighted by Gasteiger charge is -2.00. The normalized spacial score (nSPS) is 9.91. The van der Waals surface area contributed by atoms with Crippen LogP contribution in [0.2, 0.25) is 0 Å². The quantitative estimate of drug-likeness (QED) is 0.658. The van der Waals surface area contributed by atoms with Crippen molar-refractivity contribution in [2.45, 2.75) is 6.54 Å². The average Bonchev–Trinajstić information content (AvgIpc) is 2.07. The average molecular weight is 154 g/mol. The van der Waals surface area contributed by atoms with Crippen LogP contribution in [0.25, 0.3) is 0 Å². The maximum Gasteiger partial charge on any atom is 0.102 e. The van der Waals surface area contributed by atoms with Crippen molar-refractivity contribution < 1.29 is 4.39 Å². The fourth-order valence-corrected chi connectivity index (χ4v) is 0.800. The molecule has 0 fully saturated rings. The minimum absolute atomic E-state index is 0.314. The van der Waals surface area contributed by atoms with Gasteiger partial charge in [-0.1, -0.05) is 0 Å². The summed E-state index contributed by atoms with van der Waals surface area (Å²) in [6.45, 7) is 0.819. The predicted molar refractivity (Wildman–Crippen MR) is 41.9 cm³/mol. The van der Waals surface area contributed by atoms with Crippen LogP contribution in [-0.4, -0.2) is 18.2 Å². The molecule has 0 aromatic carbocycles. The van der Waals surface area contributed by atoms with Crippen molar-refractivity contribution in [1.82, 2.24) is 10.3 Å². The Morgan fingerprint density at radius 2 is 2.09 bits per heavy atom. The van der Waals surface area contributed by atoms with Gasteiger partial charge in [0.1, 0.15) is 6.67 Å². The topological polar surface area (TPSA) is 24.9 Å². The number of rotatable bonds is 4. The summed E-state index contributed by atoms with van der Waals surface area (Å²) >= 11 is 0. The Morgan fingerprint density at radius 3 is 2.73 bits per heavy atom. The number of halogens is 1. The van der Waals surface area contributed by atoms with E-state index in [1.165, 1.54) is 0 Å². The van der Waals surface area contributed by atoms with Crippen LogP contribution in [-0.2, 0) is 6.54 Å². The second kappa shape index (κ2) is 4.79. The van der Waals surface area contributed by atoms with E-state index >= 15 is 0 Å². The highest BCUT2D eigenvalue weighted by Crippen LogP contribution is 1.93. The molecule has 1 aromatic rings. The van der Waals surface area contributed by atoms with Gasteiger partial charge >= 0.3 is 0 Å². The van der Waals surface area contributed by atoms with E-state index in [2.05, 4.69) is 10.3 Å². The third kappa shape index (κ3) is 3.09. The third-order valence-corrected chi connectivity index (χ3v) is 1.35. The number of aromatic nitrogens is 1. The molecule has 1 heterocycles. The van der Waals surface area contributed by atoms with E-state index in [0.717, 1.165) is 5.56 Å². The van der Waals surface area contributed by atoms with Gasteiger partial charge in [0, 0.05) is 25.5 Å². The van der Waals surface area contributed by atoms with Crippen LogP contribution in [0.4, 0.5) is 4.39 Å². The van der Waals surface area contributed by atoms with Gasteiger partial charge in [0.25, 0.3) is 0 Å². The number of nitrogens with zero attached hydrogens (tertiary/aromatic N) is 1. The van der Waals surface area contributed by atoms with Gasteiger partial charge in [-0.05, 0) is 17.7 Å². The second-order valence-electron chi connectivity index (χ2n) is 2.22. The van der Waals surface area contributed by atoms with Crippen molar-refractivity contribution in [1.29, 1.82) is 0 Å². The Bertz CT molecular complexity index is 189. The molecule has 0 amide bonds. The molecule has 0 aliphatic heterocycles. The van der Waals surface area contributed by atoms with Crippen LogP contribution in [0.15, 0.2) is 24.5 Å². The zero-order valence-corrected chi connectivity index (χ0v) is 6.26. The van der Waals surface area contributed by atoms with E-state index in [0.29, 0.717) is 13.1 Å². The van der Waals surface area contributed by atoms with Gasteiger partial charge in [0.2, 0.25) is 0 Å². The Kier molecular flexibility index (Phi) is 3.55. The zero-order valence-electron chi connectivity index (χ0n) is 6.26. The fraction of sp³-hybridized carbons (Fsp3) is 0.375. The highest BCUT2D eigenvalue weighted by atomic mass is 19.1. The van der Waals surface area contributed by atoms with Crippen LogP contribution < -0.4 is 5.32 Å². The van der Waals surface area contributed by atoms with Gasteiger partial charge in [-0.2, -0.15) is 0 Å². The summed E-state index contributed by atoms with van der Waals surface area (Å²) < 4.78 is 11.6. The second-order valence-corrected chi connectivity index (χ2v) is 2.22. The maximum absolute atomic E-state index is 11.6. The van der Waals surface area contributed by atoms with E-state index in [-0.39, 0.29) is 6.67 Å². The Labute approximate surface area is 65.5 Å². The molecule has 1 rings (SSSR count). The fourth-order valence-electron chi connectivity index (χ4n) is 0.800. The molecule has 11 heavy (non-hydrogen) atoms. The van der Waals surface area contributed by atoms with E-state index in [4.69, 9.17) is 0 Å². The summed E-state index contributed by atoms with van der Waals surface area (Å²) in [5.41, 5.74) is 1.13. The van der Waals surface area contributed by atoms with Crippen molar-refractivity contribution in [3.8, 4) is 0 Å². The highest BCUT2D eigenvalue weighted by molar-refractivity contribution is 5.08. The predicted octanol–water partition coefficient (Wildman–Crippen LogP) is 1.14. The van der Waals surface area contributed by atoms with E-state index in [1.54, 1.807) is 12.4 Å². The van der Waals surface area contributed by atoms with E-state index in [9.17, 15) is 4.39 Å². The number of hydrogen-bond acceptors (Lipinski definition) is 2. The lowest BCUT2D eigenvalue weighted by Crippen LogP contribution is -2.15. The van der Waals surface area contributed by atoms with Crippen LogP contribution in [0, 0.1) is 0 Å². The van der Waals surface area contributed by atoms with Gasteiger partial charge < -0.3 is 5.32 Å². The molecule has 1 N–H and O–H groups in total. The molecule has 60 valence electrons. The Balaban J connectivity index is 2.28. The van der Waals surface area contributed by atoms with Gasteiger partial charge in [0.15, 0.2) is 0 Å². The molecule has 0 spiro atoms. The zero-order chi connectivity index (χ0) is 7.94. The molecule has 3 heteroatoms. The van der Waals surface area contributed by atoms with Crippen molar-refractivity contribution in [2.75, 3.05) is 13.2 Å². The SMILES string of the molecule is FCCNCc1ccncc1. The number of pyridine rings is 1. The number of nitrogens with one attached hydrogen (secondary N) is 1. The Hall–Kier alpha value is -0.960. The molecular weight excluding hydrogens is 143 g/mol.